The van der Waals surface area contributed by atoms with Crippen LogP contribution in [0.4, 0.5) is 5.69 Å². The molecule has 2 aromatic rings. The topological polar surface area (TPSA) is 95.7 Å². The Morgan fingerprint density at radius 1 is 0.955 bits per heavy atom. The van der Waals surface area contributed by atoms with Crippen molar-refractivity contribution in [2.24, 2.45) is 0 Å². The maximum Gasteiger partial charge on any atom is 0.288 e. The summed E-state index contributed by atoms with van der Waals surface area (Å²) < 4.78 is 35.8. The number of hydrogen-bond acceptors (Lipinski definition) is 6. The molecular weight excluding hydrogens is 310 g/mol. The summed E-state index contributed by atoms with van der Waals surface area (Å²) in [5, 5.41) is 11.1. The van der Waals surface area contributed by atoms with Crippen LogP contribution < -0.4 is 9.47 Å². The monoisotopic (exact) mass is 323 g/mol. The van der Waals surface area contributed by atoms with E-state index in [0.717, 1.165) is 6.07 Å². The first-order valence-corrected chi connectivity index (χ1v) is 7.61. The molecule has 22 heavy (non-hydrogen) atoms. The molecule has 7 nitrogen and oxygen atoms in total. The van der Waals surface area contributed by atoms with Gasteiger partial charge in [0.25, 0.3) is 5.69 Å². The van der Waals surface area contributed by atoms with E-state index in [4.69, 9.17) is 9.47 Å². The number of para-hydroxylation sites is 1. The highest BCUT2D eigenvalue weighted by atomic mass is 32.2. The Bertz CT molecular complexity index is 794. The number of methoxy groups -OCH3 is 2. The van der Waals surface area contributed by atoms with Crippen LogP contribution in [-0.4, -0.2) is 27.6 Å². The molecule has 0 aliphatic heterocycles. The Hall–Kier alpha value is -2.61. The molecule has 0 saturated heterocycles. The van der Waals surface area contributed by atoms with E-state index in [2.05, 4.69) is 0 Å². The van der Waals surface area contributed by atoms with E-state index in [9.17, 15) is 18.5 Å². The van der Waals surface area contributed by atoms with E-state index in [1.54, 1.807) is 6.07 Å². The molecule has 0 aliphatic carbocycles. The van der Waals surface area contributed by atoms with Gasteiger partial charge in [0, 0.05) is 6.07 Å². The first-order chi connectivity index (χ1) is 10.4. The number of nitro benzene ring substituents is 1. The van der Waals surface area contributed by atoms with Crippen LogP contribution in [0.3, 0.4) is 0 Å². The molecule has 0 heterocycles. The SMILES string of the molecule is COc1cccc(OC)c1S(=O)(=O)c1ccccc1[N+](=O)[O-]. The summed E-state index contributed by atoms with van der Waals surface area (Å²) in [6.45, 7) is 0. The summed E-state index contributed by atoms with van der Waals surface area (Å²) >= 11 is 0. The average molecular weight is 323 g/mol. The molecule has 116 valence electrons. The zero-order chi connectivity index (χ0) is 16.3. The quantitative estimate of drug-likeness (QED) is 0.619. The lowest BCUT2D eigenvalue weighted by Crippen LogP contribution is -2.09. The van der Waals surface area contributed by atoms with Crippen LogP contribution in [0.1, 0.15) is 0 Å². The highest BCUT2D eigenvalue weighted by molar-refractivity contribution is 7.91. The van der Waals surface area contributed by atoms with Crippen molar-refractivity contribution in [1.82, 2.24) is 0 Å². The van der Waals surface area contributed by atoms with Crippen molar-refractivity contribution in [2.45, 2.75) is 9.79 Å². The van der Waals surface area contributed by atoms with Gasteiger partial charge in [-0.2, -0.15) is 0 Å². The second-order valence-corrected chi connectivity index (χ2v) is 6.07. The summed E-state index contributed by atoms with van der Waals surface area (Å²) in [5.41, 5.74) is -0.504. The van der Waals surface area contributed by atoms with Gasteiger partial charge in [-0.3, -0.25) is 10.1 Å². The third-order valence-corrected chi connectivity index (χ3v) is 4.87. The smallest absolute Gasteiger partial charge is 0.288 e. The zero-order valence-corrected chi connectivity index (χ0v) is 12.7. The Morgan fingerprint density at radius 2 is 1.50 bits per heavy atom. The van der Waals surface area contributed by atoms with Crippen molar-refractivity contribution in [3.8, 4) is 11.5 Å². The Labute approximate surface area is 127 Å². The second kappa shape index (κ2) is 6.02. The number of sulfone groups is 1. The van der Waals surface area contributed by atoms with Crippen LogP contribution >= 0.6 is 0 Å². The van der Waals surface area contributed by atoms with Gasteiger partial charge in [0.1, 0.15) is 16.4 Å². The van der Waals surface area contributed by atoms with E-state index in [1.807, 2.05) is 0 Å². The zero-order valence-electron chi connectivity index (χ0n) is 11.8. The molecule has 0 fully saturated rings. The molecule has 0 atom stereocenters. The molecule has 0 saturated carbocycles. The fraction of sp³-hybridized carbons (Fsp3) is 0.143. The summed E-state index contributed by atoms with van der Waals surface area (Å²) in [7, 11) is -1.57. The van der Waals surface area contributed by atoms with Crippen molar-refractivity contribution >= 4 is 15.5 Å². The van der Waals surface area contributed by atoms with Crippen LogP contribution in [0.25, 0.3) is 0 Å². The third kappa shape index (κ3) is 2.60. The van der Waals surface area contributed by atoms with E-state index >= 15 is 0 Å². The van der Waals surface area contributed by atoms with E-state index < -0.39 is 25.3 Å². The van der Waals surface area contributed by atoms with Crippen molar-refractivity contribution < 1.29 is 22.8 Å². The number of rotatable bonds is 5. The first-order valence-electron chi connectivity index (χ1n) is 6.13. The molecule has 0 bridgehead atoms. The van der Waals surface area contributed by atoms with Crippen LogP contribution in [0, 0.1) is 10.1 Å². The Morgan fingerprint density at radius 3 is 2.00 bits per heavy atom. The molecule has 0 aromatic heterocycles. The van der Waals surface area contributed by atoms with Gasteiger partial charge >= 0.3 is 0 Å². The van der Waals surface area contributed by atoms with E-state index in [1.165, 1.54) is 44.6 Å². The molecule has 0 spiro atoms. The number of nitro groups is 1. The fourth-order valence-corrected chi connectivity index (χ4v) is 3.76. The molecule has 0 aliphatic rings. The van der Waals surface area contributed by atoms with Gasteiger partial charge < -0.3 is 9.47 Å². The predicted molar refractivity (Wildman–Crippen MR) is 78.1 cm³/mol. The molecule has 0 N–H and O–H groups in total. The minimum atomic E-state index is -4.19. The van der Waals surface area contributed by atoms with Crippen molar-refractivity contribution in [2.75, 3.05) is 14.2 Å². The van der Waals surface area contributed by atoms with Gasteiger partial charge in [-0.25, -0.2) is 8.42 Å². The van der Waals surface area contributed by atoms with Gasteiger partial charge in [0.2, 0.25) is 9.84 Å². The fourth-order valence-electron chi connectivity index (χ4n) is 2.03. The second-order valence-electron chi connectivity index (χ2n) is 4.22. The number of ether oxygens (including phenoxy) is 2. The number of benzene rings is 2. The molecule has 0 radical (unpaired) electrons. The van der Waals surface area contributed by atoms with Crippen LogP contribution in [0.15, 0.2) is 52.3 Å². The normalized spacial score (nSPS) is 11.0. The summed E-state index contributed by atoms with van der Waals surface area (Å²) in [6, 6.07) is 9.59. The molecule has 2 rings (SSSR count). The van der Waals surface area contributed by atoms with Crippen molar-refractivity contribution in [1.29, 1.82) is 0 Å². The first kappa shape index (κ1) is 15.8. The molecule has 8 heteroatoms. The van der Waals surface area contributed by atoms with Crippen LogP contribution in [-0.2, 0) is 9.84 Å². The maximum atomic E-state index is 12.9. The van der Waals surface area contributed by atoms with Crippen LogP contribution in [0.2, 0.25) is 0 Å². The van der Waals surface area contributed by atoms with Gasteiger partial charge in [0.15, 0.2) is 4.90 Å². The summed E-state index contributed by atoms with van der Waals surface area (Å²) in [4.78, 5) is 9.69. The maximum absolute atomic E-state index is 12.9. The third-order valence-electron chi connectivity index (χ3n) is 3.00. The van der Waals surface area contributed by atoms with Crippen molar-refractivity contribution in [3.05, 3.63) is 52.6 Å². The largest absolute Gasteiger partial charge is 0.495 e. The minimum absolute atomic E-state index is 0.0532. The van der Waals surface area contributed by atoms with Crippen LogP contribution in [0.5, 0.6) is 11.5 Å². The molecule has 0 amide bonds. The Kier molecular flexibility index (Phi) is 4.32. The van der Waals surface area contributed by atoms with Gasteiger partial charge in [-0.1, -0.05) is 18.2 Å². The van der Waals surface area contributed by atoms with E-state index in [-0.39, 0.29) is 16.4 Å². The van der Waals surface area contributed by atoms with Gasteiger partial charge in [-0.15, -0.1) is 0 Å². The molecule has 0 unspecified atom stereocenters. The number of hydrogen-bond donors (Lipinski definition) is 0. The number of nitrogens with zero attached hydrogens (tertiary/aromatic N) is 1. The van der Waals surface area contributed by atoms with Gasteiger partial charge in [-0.05, 0) is 18.2 Å². The highest BCUT2D eigenvalue weighted by Crippen LogP contribution is 2.39. The lowest BCUT2D eigenvalue weighted by atomic mass is 10.3. The average Bonchev–Trinajstić information content (AvgIpc) is 2.53. The Balaban J connectivity index is 2.80. The molecule has 2 aromatic carbocycles. The summed E-state index contributed by atoms with van der Waals surface area (Å²) in [5.74, 6) is 0.106. The highest BCUT2D eigenvalue weighted by Gasteiger charge is 2.32. The standard InChI is InChI=1S/C14H13NO6S/c1-20-11-7-5-8-12(21-2)14(11)22(18,19)13-9-4-3-6-10(13)15(16)17/h3-9H,1-2H3. The summed E-state index contributed by atoms with van der Waals surface area (Å²) in [6.07, 6.45) is 0. The van der Waals surface area contributed by atoms with Gasteiger partial charge in [0.05, 0.1) is 19.1 Å². The lowest BCUT2D eigenvalue weighted by molar-refractivity contribution is -0.387. The minimum Gasteiger partial charge on any atom is -0.495 e. The van der Waals surface area contributed by atoms with Crippen molar-refractivity contribution in [3.63, 3.8) is 0 Å². The van der Waals surface area contributed by atoms with E-state index in [0.29, 0.717) is 0 Å². The molecular formula is C14H13NO6S. The lowest BCUT2D eigenvalue weighted by Gasteiger charge is -2.13. The predicted octanol–water partition coefficient (Wildman–Crippen LogP) is 2.44.